The molecule has 1 saturated carbocycles. The van der Waals surface area contributed by atoms with Crippen LogP contribution in [0.15, 0.2) is 0 Å². The molecule has 1 heterocycles. The van der Waals surface area contributed by atoms with Crippen LogP contribution in [0.1, 0.15) is 52.4 Å². The predicted molar refractivity (Wildman–Crippen MR) is 76.1 cm³/mol. The highest BCUT2D eigenvalue weighted by Crippen LogP contribution is 2.46. The summed E-state index contributed by atoms with van der Waals surface area (Å²) in [6, 6.07) is -0.0361. The number of hydrogen-bond acceptors (Lipinski definition) is 4. The topological polar surface area (TPSA) is 89.7 Å². The van der Waals surface area contributed by atoms with E-state index in [0.29, 0.717) is 6.54 Å². The number of amides is 2. The van der Waals surface area contributed by atoms with Crippen LogP contribution < -0.4 is 5.73 Å². The van der Waals surface area contributed by atoms with Gasteiger partial charge in [-0.1, -0.05) is 0 Å². The maximum absolute atomic E-state index is 12.8. The summed E-state index contributed by atoms with van der Waals surface area (Å²) in [5.41, 5.74) is 4.57. The Balaban J connectivity index is 2.15. The summed E-state index contributed by atoms with van der Waals surface area (Å²) in [6.07, 6.45) is 3.78. The molecule has 0 aromatic carbocycles. The first-order valence-corrected chi connectivity index (χ1v) is 7.66. The van der Waals surface area contributed by atoms with Crippen molar-refractivity contribution in [3.05, 3.63) is 0 Å². The first-order chi connectivity index (χ1) is 9.85. The Hall–Kier alpha value is -1.59. The van der Waals surface area contributed by atoms with E-state index >= 15 is 0 Å². The number of hydrogen-bond donors (Lipinski definition) is 1. The number of rotatable bonds is 5. The van der Waals surface area contributed by atoms with E-state index in [1.165, 1.54) is 0 Å². The minimum Gasteiger partial charge on any atom is -0.458 e. The van der Waals surface area contributed by atoms with Crippen LogP contribution in [0.2, 0.25) is 0 Å². The number of primary amides is 1. The van der Waals surface area contributed by atoms with Crippen molar-refractivity contribution >= 4 is 17.8 Å². The molecule has 0 radical (unpaired) electrons. The van der Waals surface area contributed by atoms with E-state index in [-0.39, 0.29) is 30.8 Å². The molecule has 1 aliphatic heterocycles. The fraction of sp³-hybridized carbons (Fsp3) is 0.800. The van der Waals surface area contributed by atoms with E-state index in [1.807, 2.05) is 13.8 Å². The van der Waals surface area contributed by atoms with Gasteiger partial charge in [0.25, 0.3) is 0 Å². The van der Waals surface area contributed by atoms with Gasteiger partial charge in [0.15, 0.2) is 0 Å². The highest BCUT2D eigenvalue weighted by molar-refractivity contribution is 5.88. The van der Waals surface area contributed by atoms with Crippen molar-refractivity contribution in [3.8, 4) is 0 Å². The number of esters is 1. The lowest BCUT2D eigenvalue weighted by Gasteiger charge is -2.34. The van der Waals surface area contributed by atoms with Crippen LogP contribution in [0.3, 0.4) is 0 Å². The van der Waals surface area contributed by atoms with E-state index in [1.54, 1.807) is 4.90 Å². The Bertz CT molecular complexity index is 441. The van der Waals surface area contributed by atoms with E-state index in [4.69, 9.17) is 10.5 Å². The Morgan fingerprint density at radius 2 is 2.00 bits per heavy atom. The molecule has 2 amide bonds. The average Bonchev–Trinajstić information content (AvgIpc) is 2.96. The van der Waals surface area contributed by atoms with Gasteiger partial charge in [-0.05, 0) is 39.5 Å². The van der Waals surface area contributed by atoms with Crippen molar-refractivity contribution in [2.45, 2.75) is 64.0 Å². The third-order valence-corrected chi connectivity index (χ3v) is 4.58. The number of nitrogens with two attached hydrogens (primary N) is 1. The number of carbonyl (C=O) groups is 3. The van der Waals surface area contributed by atoms with Crippen molar-refractivity contribution in [2.75, 3.05) is 6.54 Å². The highest BCUT2D eigenvalue weighted by Gasteiger charge is 2.54. The molecular formula is C15H24N2O4. The Labute approximate surface area is 125 Å². The summed E-state index contributed by atoms with van der Waals surface area (Å²) in [4.78, 5) is 37.2. The Morgan fingerprint density at radius 1 is 1.38 bits per heavy atom. The minimum atomic E-state index is -0.603. The molecule has 0 aromatic rings. The summed E-state index contributed by atoms with van der Waals surface area (Å²) in [5, 5.41) is 0. The summed E-state index contributed by atoms with van der Waals surface area (Å²) >= 11 is 0. The second-order valence-electron chi connectivity index (χ2n) is 6.34. The summed E-state index contributed by atoms with van der Waals surface area (Å²) in [7, 11) is 0. The third kappa shape index (κ3) is 3.19. The van der Waals surface area contributed by atoms with Gasteiger partial charge in [-0.3, -0.25) is 14.4 Å². The molecule has 1 atom stereocenters. The molecule has 6 heteroatoms. The van der Waals surface area contributed by atoms with Gasteiger partial charge in [-0.15, -0.1) is 0 Å². The molecule has 6 nitrogen and oxygen atoms in total. The summed E-state index contributed by atoms with van der Waals surface area (Å²) in [6.45, 7) is 4.10. The van der Waals surface area contributed by atoms with Crippen LogP contribution >= 0.6 is 0 Å². The quantitative estimate of drug-likeness (QED) is 0.766. The molecule has 1 spiro atoms. The molecule has 0 bridgehead atoms. The van der Waals surface area contributed by atoms with Crippen LogP contribution in [-0.2, 0) is 19.1 Å². The van der Waals surface area contributed by atoms with E-state index in [0.717, 1.165) is 25.7 Å². The normalized spacial score (nSPS) is 23.6. The molecule has 2 aliphatic rings. The van der Waals surface area contributed by atoms with Gasteiger partial charge < -0.3 is 15.4 Å². The van der Waals surface area contributed by atoms with Crippen molar-refractivity contribution in [1.29, 1.82) is 0 Å². The molecule has 0 aromatic heterocycles. The van der Waals surface area contributed by atoms with Gasteiger partial charge in [-0.2, -0.15) is 0 Å². The first-order valence-electron chi connectivity index (χ1n) is 7.66. The largest absolute Gasteiger partial charge is 0.458 e. The Morgan fingerprint density at radius 3 is 2.52 bits per heavy atom. The summed E-state index contributed by atoms with van der Waals surface area (Å²) < 4.78 is 5.52. The Kier molecular flexibility index (Phi) is 4.54. The molecule has 2 N–H and O–H groups in total. The van der Waals surface area contributed by atoms with Gasteiger partial charge in [0.2, 0.25) is 11.8 Å². The fourth-order valence-corrected chi connectivity index (χ4v) is 3.48. The monoisotopic (exact) mass is 296 g/mol. The minimum absolute atomic E-state index is 0.0361. The van der Waals surface area contributed by atoms with Gasteiger partial charge in [-0.25, -0.2) is 0 Å². The zero-order chi connectivity index (χ0) is 15.6. The van der Waals surface area contributed by atoms with Crippen molar-refractivity contribution in [1.82, 2.24) is 4.90 Å². The molecule has 1 saturated heterocycles. The maximum Gasteiger partial charge on any atom is 0.307 e. The van der Waals surface area contributed by atoms with E-state index < -0.39 is 17.4 Å². The molecule has 2 rings (SSSR count). The van der Waals surface area contributed by atoms with Crippen LogP contribution in [0.4, 0.5) is 0 Å². The molecule has 2 fully saturated rings. The van der Waals surface area contributed by atoms with Crippen LogP contribution in [-0.4, -0.2) is 40.9 Å². The maximum atomic E-state index is 12.8. The smallest absolute Gasteiger partial charge is 0.307 e. The SMILES string of the molecule is CC(C)N(CCC(N)=O)C(=O)C1CC(=O)OC12CCCC2. The van der Waals surface area contributed by atoms with Crippen LogP contribution in [0.5, 0.6) is 0 Å². The van der Waals surface area contributed by atoms with Crippen molar-refractivity contribution in [2.24, 2.45) is 11.7 Å². The van der Waals surface area contributed by atoms with Crippen molar-refractivity contribution in [3.63, 3.8) is 0 Å². The van der Waals surface area contributed by atoms with Crippen LogP contribution in [0, 0.1) is 5.92 Å². The predicted octanol–water partition coefficient (Wildman–Crippen LogP) is 0.975. The number of ether oxygens (including phenoxy) is 1. The first kappa shape index (κ1) is 15.8. The fourth-order valence-electron chi connectivity index (χ4n) is 3.48. The van der Waals surface area contributed by atoms with Gasteiger partial charge >= 0.3 is 5.97 Å². The lowest BCUT2D eigenvalue weighted by Crippen LogP contribution is -2.48. The number of nitrogens with zero attached hydrogens (tertiary/aromatic N) is 1. The standard InChI is InChI=1S/C15H24N2O4/c1-10(2)17(8-5-12(16)18)14(20)11-9-13(19)21-15(11)6-3-4-7-15/h10-11H,3-9H2,1-2H3,(H2,16,18). The van der Waals surface area contributed by atoms with E-state index in [2.05, 4.69) is 0 Å². The average molecular weight is 296 g/mol. The summed E-state index contributed by atoms with van der Waals surface area (Å²) in [5.74, 6) is -1.21. The molecule has 1 unspecified atom stereocenters. The number of carbonyl (C=O) groups excluding carboxylic acids is 3. The second kappa shape index (κ2) is 6.03. The molecule has 118 valence electrons. The van der Waals surface area contributed by atoms with E-state index in [9.17, 15) is 14.4 Å². The second-order valence-corrected chi connectivity index (χ2v) is 6.34. The zero-order valence-corrected chi connectivity index (χ0v) is 12.8. The van der Waals surface area contributed by atoms with Crippen LogP contribution in [0.25, 0.3) is 0 Å². The molecule has 21 heavy (non-hydrogen) atoms. The van der Waals surface area contributed by atoms with Crippen molar-refractivity contribution < 1.29 is 19.1 Å². The van der Waals surface area contributed by atoms with Gasteiger partial charge in [0.05, 0.1) is 12.3 Å². The van der Waals surface area contributed by atoms with Gasteiger partial charge in [0.1, 0.15) is 5.60 Å². The highest BCUT2D eigenvalue weighted by atomic mass is 16.6. The molecule has 1 aliphatic carbocycles. The molecular weight excluding hydrogens is 272 g/mol. The third-order valence-electron chi connectivity index (χ3n) is 4.58. The lowest BCUT2D eigenvalue weighted by atomic mass is 9.84. The lowest BCUT2D eigenvalue weighted by molar-refractivity contribution is -0.152. The van der Waals surface area contributed by atoms with Gasteiger partial charge in [0, 0.05) is 19.0 Å². The zero-order valence-electron chi connectivity index (χ0n) is 12.8.